The van der Waals surface area contributed by atoms with Gasteiger partial charge in [-0.3, -0.25) is 4.21 Å². The van der Waals surface area contributed by atoms with E-state index >= 15 is 0 Å². The van der Waals surface area contributed by atoms with E-state index in [0.717, 1.165) is 22.9 Å². The molecule has 4 rings (SSSR count). The van der Waals surface area contributed by atoms with Crippen molar-refractivity contribution in [2.75, 3.05) is 26.4 Å². The predicted octanol–water partition coefficient (Wildman–Crippen LogP) is 0.810. The number of ether oxygens (including phenoxy) is 1. The molecule has 3 nitrogen and oxygen atoms in total. The van der Waals surface area contributed by atoms with Crippen LogP contribution >= 0.6 is 0 Å². The number of benzene rings is 1. The Balaban J connectivity index is 0.00000196. The SMILES string of the molecule is C[N+]1(C)CCC[C@H]1[C@H]1CS(=O)[C@@](c2ccccc2)(C2CCCCC2)O1.[I-]. The minimum Gasteiger partial charge on any atom is -1.00 e. The first kappa shape index (κ1) is 20.7. The van der Waals surface area contributed by atoms with Gasteiger partial charge in [0.2, 0.25) is 0 Å². The Morgan fingerprint density at radius 1 is 1.04 bits per heavy atom. The Bertz CT molecular complexity index is 632. The minimum atomic E-state index is -0.959. The van der Waals surface area contributed by atoms with Crippen molar-refractivity contribution in [3.63, 3.8) is 0 Å². The average Bonchev–Trinajstić information content (AvgIpc) is 3.16. The topological polar surface area (TPSA) is 26.3 Å². The molecule has 0 N–H and O–H groups in total. The van der Waals surface area contributed by atoms with E-state index in [1.165, 1.54) is 38.6 Å². The van der Waals surface area contributed by atoms with E-state index in [4.69, 9.17) is 4.74 Å². The highest BCUT2D eigenvalue weighted by molar-refractivity contribution is 7.86. The molecule has 0 aromatic heterocycles. The quantitative estimate of drug-likeness (QED) is 0.464. The monoisotopic (exact) mass is 489 g/mol. The van der Waals surface area contributed by atoms with Crippen LogP contribution in [-0.2, 0) is 20.5 Å². The molecule has 26 heavy (non-hydrogen) atoms. The largest absolute Gasteiger partial charge is 1.00 e. The zero-order chi connectivity index (χ0) is 17.5. The van der Waals surface area contributed by atoms with Crippen molar-refractivity contribution in [2.45, 2.75) is 62.0 Å². The van der Waals surface area contributed by atoms with Gasteiger partial charge in [0.05, 0.1) is 37.2 Å². The number of nitrogens with zero attached hydrogens (tertiary/aromatic N) is 1. The summed E-state index contributed by atoms with van der Waals surface area (Å²) in [6.07, 6.45) is 8.68. The van der Waals surface area contributed by atoms with E-state index in [0.29, 0.717) is 17.7 Å². The van der Waals surface area contributed by atoms with Gasteiger partial charge >= 0.3 is 0 Å². The molecule has 3 aliphatic rings. The lowest BCUT2D eigenvalue weighted by Crippen LogP contribution is -3.00. The molecule has 2 aliphatic heterocycles. The predicted molar refractivity (Wildman–Crippen MR) is 103 cm³/mol. The van der Waals surface area contributed by atoms with Crippen LogP contribution in [-0.4, -0.2) is 47.2 Å². The summed E-state index contributed by atoms with van der Waals surface area (Å²) in [5.74, 6) is 1.10. The Hall–Kier alpha value is 0.0200. The summed E-state index contributed by atoms with van der Waals surface area (Å²) in [5, 5.41) is 0. The molecule has 0 bridgehead atoms. The molecule has 3 fully saturated rings. The fraction of sp³-hybridized carbons (Fsp3) is 0.714. The van der Waals surface area contributed by atoms with Crippen LogP contribution in [0.15, 0.2) is 30.3 Å². The number of likely N-dealkylation sites (N-methyl/N-ethyl adjacent to an activating group) is 1. The van der Waals surface area contributed by atoms with Gasteiger partial charge in [-0.2, -0.15) is 0 Å². The molecular weight excluding hydrogens is 457 g/mol. The van der Waals surface area contributed by atoms with Gasteiger partial charge in [-0.1, -0.05) is 49.6 Å². The van der Waals surface area contributed by atoms with E-state index in [1.54, 1.807) is 0 Å². The Kier molecular flexibility index (Phi) is 6.52. The summed E-state index contributed by atoms with van der Waals surface area (Å²) >= 11 is 0. The van der Waals surface area contributed by atoms with Gasteiger partial charge in [0.25, 0.3) is 0 Å². The number of halogens is 1. The third-order valence-corrected chi connectivity index (χ3v) is 8.83. The number of hydrogen-bond acceptors (Lipinski definition) is 2. The molecule has 2 saturated heterocycles. The molecule has 0 amide bonds. The number of quaternary nitrogens is 1. The molecule has 4 atom stereocenters. The Morgan fingerprint density at radius 3 is 2.35 bits per heavy atom. The van der Waals surface area contributed by atoms with Crippen LogP contribution in [0.2, 0.25) is 0 Å². The summed E-state index contributed by atoms with van der Waals surface area (Å²) in [7, 11) is 3.67. The molecule has 1 aromatic carbocycles. The molecule has 146 valence electrons. The first-order chi connectivity index (χ1) is 12.0. The van der Waals surface area contributed by atoms with E-state index < -0.39 is 15.7 Å². The van der Waals surface area contributed by atoms with Gasteiger partial charge in [-0.05, 0) is 18.4 Å². The van der Waals surface area contributed by atoms with Crippen molar-refractivity contribution in [3.05, 3.63) is 35.9 Å². The van der Waals surface area contributed by atoms with Gasteiger partial charge < -0.3 is 33.2 Å². The van der Waals surface area contributed by atoms with E-state index in [2.05, 4.69) is 38.4 Å². The van der Waals surface area contributed by atoms with Gasteiger partial charge in [-0.25, -0.2) is 0 Å². The van der Waals surface area contributed by atoms with Crippen molar-refractivity contribution in [3.8, 4) is 0 Å². The number of rotatable bonds is 3. The number of likely N-dealkylation sites (tertiary alicyclic amines) is 1. The lowest BCUT2D eigenvalue weighted by atomic mass is 9.82. The van der Waals surface area contributed by atoms with Crippen molar-refractivity contribution in [1.29, 1.82) is 0 Å². The van der Waals surface area contributed by atoms with Crippen LogP contribution in [0.25, 0.3) is 0 Å². The summed E-state index contributed by atoms with van der Waals surface area (Å²) in [6.45, 7) is 1.21. The molecule has 1 aromatic rings. The summed E-state index contributed by atoms with van der Waals surface area (Å²) in [5.41, 5.74) is 1.14. The first-order valence-corrected chi connectivity index (χ1v) is 11.3. The lowest BCUT2D eigenvalue weighted by molar-refractivity contribution is -0.905. The van der Waals surface area contributed by atoms with Crippen LogP contribution in [0, 0.1) is 5.92 Å². The molecule has 1 saturated carbocycles. The summed E-state index contributed by atoms with van der Waals surface area (Å²) < 4.78 is 21.5. The maximum Gasteiger partial charge on any atom is 0.171 e. The van der Waals surface area contributed by atoms with Crippen LogP contribution < -0.4 is 24.0 Å². The lowest BCUT2D eigenvalue weighted by Gasteiger charge is -2.40. The fourth-order valence-corrected chi connectivity index (χ4v) is 7.58. The second-order valence-corrected chi connectivity index (χ2v) is 10.4. The zero-order valence-corrected chi connectivity index (χ0v) is 19.0. The molecule has 0 radical (unpaired) electrons. The van der Waals surface area contributed by atoms with Gasteiger partial charge in [-0.15, -0.1) is 0 Å². The van der Waals surface area contributed by atoms with Crippen LogP contribution in [0.1, 0.15) is 50.5 Å². The minimum absolute atomic E-state index is 0. The third kappa shape index (κ3) is 3.53. The average molecular weight is 489 g/mol. The van der Waals surface area contributed by atoms with Crippen LogP contribution in [0.4, 0.5) is 0 Å². The maximum absolute atomic E-state index is 13.6. The highest BCUT2D eigenvalue weighted by Crippen LogP contribution is 2.50. The first-order valence-electron chi connectivity index (χ1n) is 9.98. The fourth-order valence-electron chi connectivity index (χ4n) is 5.50. The van der Waals surface area contributed by atoms with E-state index in [9.17, 15) is 4.21 Å². The van der Waals surface area contributed by atoms with Crippen LogP contribution in [0.3, 0.4) is 0 Å². The van der Waals surface area contributed by atoms with Crippen molar-refractivity contribution in [2.24, 2.45) is 5.92 Å². The standard InChI is InChI=1S/C21H32NO2S.HI/c1-22(2)15-9-14-19(22)20-16-25(23)21(24-20,17-10-5-3-6-11-17)18-12-7-4-8-13-18;/h3,5-6,10-11,18-20H,4,7-9,12-16H2,1-2H3;1H/q+1;/p-1/t19-,20+,21-,25?;/m0./s1. The molecule has 1 aliphatic carbocycles. The highest BCUT2D eigenvalue weighted by atomic mass is 127. The zero-order valence-electron chi connectivity index (χ0n) is 16.0. The smallest absolute Gasteiger partial charge is 0.171 e. The second kappa shape index (κ2) is 8.18. The van der Waals surface area contributed by atoms with Crippen molar-refractivity contribution in [1.82, 2.24) is 0 Å². The van der Waals surface area contributed by atoms with E-state index in [1.807, 2.05) is 6.07 Å². The second-order valence-electron chi connectivity index (χ2n) is 8.75. The van der Waals surface area contributed by atoms with Gasteiger partial charge in [0.1, 0.15) is 12.1 Å². The van der Waals surface area contributed by atoms with E-state index in [-0.39, 0.29) is 30.1 Å². The normalized spacial score (nSPS) is 37.4. The molecular formula is C21H32INO2S. The molecule has 5 heteroatoms. The van der Waals surface area contributed by atoms with Gasteiger partial charge in [0.15, 0.2) is 4.93 Å². The summed E-state index contributed by atoms with van der Waals surface area (Å²) in [6, 6.07) is 11.0. The highest BCUT2D eigenvalue weighted by Gasteiger charge is 2.57. The van der Waals surface area contributed by atoms with Crippen molar-refractivity contribution >= 4 is 10.8 Å². The maximum atomic E-state index is 13.6. The van der Waals surface area contributed by atoms with Crippen LogP contribution in [0.5, 0.6) is 0 Å². The third-order valence-electron chi connectivity index (χ3n) is 6.86. The Morgan fingerprint density at radius 2 is 1.73 bits per heavy atom. The Labute approximate surface area is 177 Å². The summed E-state index contributed by atoms with van der Waals surface area (Å²) in [4.78, 5) is -0.574. The molecule has 1 unspecified atom stereocenters. The molecule has 2 heterocycles. The van der Waals surface area contributed by atoms with Crippen molar-refractivity contribution < 1.29 is 37.4 Å². The van der Waals surface area contributed by atoms with Gasteiger partial charge in [0, 0.05) is 18.8 Å². The molecule has 0 spiro atoms. The number of hydrogen-bond donors (Lipinski definition) is 0.